The zero-order chi connectivity index (χ0) is 19.6. The summed E-state index contributed by atoms with van der Waals surface area (Å²) < 4.78 is 39.4. The van der Waals surface area contributed by atoms with Gasteiger partial charge in [0.25, 0.3) is 11.8 Å². The Morgan fingerprint density at radius 3 is 2.24 bits per heavy atom. The van der Waals surface area contributed by atoms with Gasteiger partial charge in [0.2, 0.25) is 4.87 Å². The van der Waals surface area contributed by atoms with Crippen LogP contribution in [-0.4, -0.2) is 57.2 Å². The van der Waals surface area contributed by atoms with Crippen molar-refractivity contribution in [3.8, 4) is 0 Å². The lowest BCUT2D eigenvalue weighted by atomic mass is 9.98. The molecule has 4 rings (SSSR count). The maximum absolute atomic E-state index is 13.0. The number of carbonyl (C=O) groups excluding carboxylic acids is 2. The highest BCUT2D eigenvalue weighted by atomic mass is 33.1. The Morgan fingerprint density at radius 2 is 1.62 bits per heavy atom. The van der Waals surface area contributed by atoms with Crippen molar-refractivity contribution in [3.05, 3.63) is 35.8 Å². The molecule has 21 heavy (non-hydrogen) atoms. The van der Waals surface area contributed by atoms with Gasteiger partial charge in [-0.3, -0.25) is 9.59 Å². The number of hydrogen-bond acceptors (Lipinski definition) is 5. The molecule has 0 radical (unpaired) electrons. The van der Waals surface area contributed by atoms with Crippen molar-refractivity contribution in [3.63, 3.8) is 0 Å². The van der Waals surface area contributed by atoms with Gasteiger partial charge in [0.1, 0.15) is 0 Å². The van der Waals surface area contributed by atoms with Gasteiger partial charge < -0.3 is 14.9 Å². The molecule has 2 atom stereocenters. The standard InChI is InChI=1S/C14H16N2O3S2/c1-15-12(19)14(9-17)16(2)11(18)13(15,20-21-14)8-10-6-4-3-5-7-10/h3-7,17H,8-9H2,1-2H3/t13-,14-/m0/s1/i3D,4D,5D,6D,7D. The monoisotopic (exact) mass is 329 g/mol. The third-order valence-corrected chi connectivity index (χ3v) is 7.57. The van der Waals surface area contributed by atoms with Gasteiger partial charge in [0.15, 0.2) is 4.87 Å². The first-order chi connectivity index (χ1) is 12.0. The Bertz CT molecular complexity index is 812. The molecule has 1 aromatic carbocycles. The SMILES string of the molecule is [2H]c1c([2H])c([2H])c(C[C@@]23SS[C@@](CO)(C(=O)N2C)N(C)C3=O)c([2H])c1[2H]. The molecule has 3 aliphatic heterocycles. The quantitative estimate of drug-likeness (QED) is 0.836. The molecule has 0 saturated carbocycles. The maximum atomic E-state index is 13.0. The molecule has 0 unspecified atom stereocenters. The van der Waals surface area contributed by atoms with Gasteiger partial charge in [0.05, 0.1) is 13.5 Å². The normalized spacial score (nSPS) is 35.3. The summed E-state index contributed by atoms with van der Waals surface area (Å²) in [6, 6.07) is -2.27. The molecule has 0 spiro atoms. The molecular formula is C14H16N2O3S2. The van der Waals surface area contributed by atoms with Crippen LogP contribution in [0.25, 0.3) is 0 Å². The Hall–Kier alpha value is -1.18. The second kappa shape index (κ2) is 4.93. The van der Waals surface area contributed by atoms with Crippen LogP contribution in [0.5, 0.6) is 0 Å². The van der Waals surface area contributed by atoms with E-state index in [0.717, 1.165) is 21.6 Å². The number of rotatable bonds is 3. The second-order valence-electron chi connectivity index (χ2n) is 4.90. The van der Waals surface area contributed by atoms with Crippen LogP contribution in [0, 0.1) is 0 Å². The Labute approximate surface area is 138 Å². The first kappa shape index (κ1) is 9.76. The van der Waals surface area contributed by atoms with Crippen LogP contribution < -0.4 is 0 Å². The zero-order valence-corrected chi connectivity index (χ0v) is 13.0. The topological polar surface area (TPSA) is 60.9 Å². The molecule has 3 aliphatic rings. The number of piperazine rings is 1. The number of fused-ring (bicyclic) bond motifs is 3. The van der Waals surface area contributed by atoms with E-state index in [1.807, 2.05) is 0 Å². The van der Waals surface area contributed by atoms with Crippen molar-refractivity contribution >= 4 is 33.4 Å². The van der Waals surface area contributed by atoms with Gasteiger partial charge in [-0.15, -0.1) is 0 Å². The molecule has 7 heteroatoms. The molecule has 1 aromatic rings. The highest BCUT2D eigenvalue weighted by Crippen LogP contribution is 2.58. The van der Waals surface area contributed by atoms with Crippen LogP contribution in [-0.2, 0) is 16.0 Å². The minimum Gasteiger partial charge on any atom is -0.392 e. The van der Waals surface area contributed by atoms with Crippen LogP contribution >= 0.6 is 21.6 Å². The number of amides is 2. The average molecular weight is 329 g/mol. The highest BCUT2D eigenvalue weighted by molar-refractivity contribution is 8.78. The average Bonchev–Trinajstić information content (AvgIpc) is 2.64. The molecule has 5 nitrogen and oxygen atoms in total. The number of aliphatic hydroxyl groups excluding tert-OH is 1. The third-order valence-electron chi connectivity index (χ3n) is 3.86. The highest BCUT2D eigenvalue weighted by Gasteiger charge is 2.67. The number of nitrogens with zero attached hydrogens (tertiary/aromatic N) is 2. The van der Waals surface area contributed by atoms with Crippen LogP contribution in [0.15, 0.2) is 30.2 Å². The van der Waals surface area contributed by atoms with Gasteiger partial charge in [-0.05, 0) is 16.4 Å². The van der Waals surface area contributed by atoms with Crippen LogP contribution in [0.3, 0.4) is 0 Å². The maximum Gasteiger partial charge on any atom is 0.263 e. The lowest BCUT2D eigenvalue weighted by Crippen LogP contribution is -2.77. The fraction of sp³-hybridized carbons (Fsp3) is 0.429. The summed E-state index contributed by atoms with van der Waals surface area (Å²) in [6.07, 6.45) is -0.229. The predicted molar refractivity (Wildman–Crippen MR) is 83.4 cm³/mol. The lowest BCUT2D eigenvalue weighted by molar-refractivity contribution is -0.165. The molecule has 0 aliphatic carbocycles. The summed E-state index contributed by atoms with van der Waals surface area (Å²) in [5.74, 6) is -0.914. The fourth-order valence-electron chi connectivity index (χ4n) is 2.49. The van der Waals surface area contributed by atoms with Gasteiger partial charge in [0, 0.05) is 20.5 Å². The van der Waals surface area contributed by atoms with E-state index in [4.69, 9.17) is 6.85 Å². The minimum atomic E-state index is -1.44. The summed E-state index contributed by atoms with van der Waals surface area (Å²) in [5.41, 5.74) is -0.0242. The van der Waals surface area contributed by atoms with E-state index in [2.05, 4.69) is 0 Å². The first-order valence-corrected chi connectivity index (χ1v) is 8.30. The van der Waals surface area contributed by atoms with Crippen molar-refractivity contribution in [1.82, 2.24) is 9.80 Å². The predicted octanol–water partition coefficient (Wildman–Crippen LogP) is 0.939. The van der Waals surface area contributed by atoms with E-state index < -0.39 is 58.4 Å². The largest absolute Gasteiger partial charge is 0.392 e. The van der Waals surface area contributed by atoms with E-state index in [-0.39, 0.29) is 12.0 Å². The Balaban J connectivity index is 2.14. The summed E-state index contributed by atoms with van der Waals surface area (Å²) >= 11 is 0. The van der Waals surface area contributed by atoms with Gasteiger partial charge in [-0.2, -0.15) is 0 Å². The molecule has 3 heterocycles. The minimum absolute atomic E-state index is 0.0242. The van der Waals surface area contributed by atoms with E-state index in [9.17, 15) is 14.7 Å². The lowest BCUT2D eigenvalue weighted by Gasteiger charge is -2.58. The number of hydrogen-bond donors (Lipinski definition) is 1. The second-order valence-corrected chi connectivity index (χ2v) is 7.59. The van der Waals surface area contributed by atoms with Gasteiger partial charge in [-0.25, -0.2) is 0 Å². The van der Waals surface area contributed by atoms with E-state index >= 15 is 0 Å². The van der Waals surface area contributed by atoms with Crippen molar-refractivity contribution in [2.45, 2.75) is 16.2 Å². The van der Waals surface area contributed by atoms with Gasteiger partial charge in [-0.1, -0.05) is 41.0 Å². The van der Waals surface area contributed by atoms with Crippen molar-refractivity contribution in [1.29, 1.82) is 0 Å². The van der Waals surface area contributed by atoms with E-state index in [1.54, 1.807) is 0 Å². The molecule has 112 valence electrons. The van der Waals surface area contributed by atoms with Crippen LogP contribution in [0.1, 0.15) is 12.4 Å². The summed E-state index contributed by atoms with van der Waals surface area (Å²) in [7, 11) is 4.98. The van der Waals surface area contributed by atoms with E-state index in [0.29, 0.717) is 0 Å². The Morgan fingerprint density at radius 1 is 1.10 bits per heavy atom. The van der Waals surface area contributed by atoms with Crippen molar-refractivity contribution in [2.24, 2.45) is 0 Å². The fourth-order valence-corrected chi connectivity index (χ4v) is 6.09. The summed E-state index contributed by atoms with van der Waals surface area (Å²) in [5, 5.41) is 9.70. The molecule has 0 aromatic heterocycles. The molecular weight excluding hydrogens is 308 g/mol. The number of carbonyl (C=O) groups is 2. The molecule has 2 bridgehead atoms. The molecule has 2 amide bonds. The van der Waals surface area contributed by atoms with Crippen molar-refractivity contribution in [2.75, 3.05) is 20.7 Å². The number of benzene rings is 1. The molecule has 3 fully saturated rings. The van der Waals surface area contributed by atoms with Crippen LogP contribution in [0.2, 0.25) is 0 Å². The van der Waals surface area contributed by atoms with Crippen molar-refractivity contribution < 1.29 is 21.5 Å². The number of likely N-dealkylation sites (N-methyl/N-ethyl adjacent to an activating group) is 2. The first-order valence-electron chi connectivity index (χ1n) is 8.65. The van der Waals surface area contributed by atoms with Crippen LogP contribution in [0.4, 0.5) is 0 Å². The van der Waals surface area contributed by atoms with E-state index in [1.165, 1.54) is 23.9 Å². The smallest absolute Gasteiger partial charge is 0.263 e. The summed E-state index contributed by atoms with van der Waals surface area (Å²) in [4.78, 5) is 25.4. The van der Waals surface area contributed by atoms with Gasteiger partial charge >= 0.3 is 0 Å². The third kappa shape index (κ3) is 1.84. The Kier molecular flexibility index (Phi) is 2.29. The summed E-state index contributed by atoms with van der Waals surface area (Å²) in [6.45, 7) is -0.541. The number of aliphatic hydroxyl groups is 1. The molecule has 1 N–H and O–H groups in total. The molecule has 3 saturated heterocycles. The zero-order valence-electron chi connectivity index (χ0n) is 16.4.